The van der Waals surface area contributed by atoms with Crippen LogP contribution in [0.4, 0.5) is 0 Å². The van der Waals surface area contributed by atoms with Crippen LogP contribution < -0.4 is 4.74 Å². The molecule has 1 aromatic rings. The molecule has 194 valence electrons. The van der Waals surface area contributed by atoms with Gasteiger partial charge in [-0.2, -0.15) is 0 Å². The molecule has 0 atom stereocenters. The summed E-state index contributed by atoms with van der Waals surface area (Å²) < 4.78 is 6.11. The van der Waals surface area contributed by atoms with E-state index < -0.39 is 0 Å². The summed E-state index contributed by atoms with van der Waals surface area (Å²) in [4.78, 5) is 0. The molecule has 34 heavy (non-hydrogen) atoms. The first kappa shape index (κ1) is 27.6. The van der Waals surface area contributed by atoms with Gasteiger partial charge < -0.3 is 4.74 Å². The molecule has 0 N–H and O–H groups in total. The minimum absolute atomic E-state index is 0.763. The average molecular weight is 469 g/mol. The molecule has 0 bridgehead atoms. The maximum atomic E-state index is 6.11. The molecule has 0 unspecified atom stereocenters. The van der Waals surface area contributed by atoms with Gasteiger partial charge in [0.25, 0.3) is 0 Å². The Balaban J connectivity index is 1.58. The van der Waals surface area contributed by atoms with Gasteiger partial charge in [-0.15, -0.1) is 0 Å². The van der Waals surface area contributed by atoms with E-state index in [1.54, 1.807) is 11.1 Å². The highest BCUT2D eigenvalue weighted by Gasteiger charge is 2.29. The first-order chi connectivity index (χ1) is 16.7. The molecule has 1 heteroatoms. The fraction of sp³-hybridized carbons (Fsp3) is 0.818. The number of rotatable bonds is 15. The highest BCUT2D eigenvalue weighted by Crippen LogP contribution is 2.45. The lowest BCUT2D eigenvalue weighted by Gasteiger charge is -2.34. The van der Waals surface area contributed by atoms with E-state index in [-0.39, 0.29) is 0 Å². The summed E-state index contributed by atoms with van der Waals surface area (Å²) in [5.41, 5.74) is 3.36. The van der Waals surface area contributed by atoms with E-state index in [0.29, 0.717) is 0 Å². The van der Waals surface area contributed by atoms with Crippen molar-refractivity contribution >= 4 is 0 Å². The van der Waals surface area contributed by atoms with E-state index >= 15 is 0 Å². The highest BCUT2D eigenvalue weighted by atomic mass is 16.5. The lowest BCUT2D eigenvalue weighted by Crippen LogP contribution is -2.18. The van der Waals surface area contributed by atoms with Crippen molar-refractivity contribution in [2.45, 2.75) is 155 Å². The molecule has 1 nitrogen and oxygen atoms in total. The average Bonchev–Trinajstić information content (AvgIpc) is 2.88. The van der Waals surface area contributed by atoms with E-state index in [0.717, 1.165) is 42.4 Å². The number of hydrogen-bond acceptors (Lipinski definition) is 1. The van der Waals surface area contributed by atoms with Gasteiger partial charge in [0.1, 0.15) is 5.75 Å². The number of ether oxygens (including phenoxy) is 1. The summed E-state index contributed by atoms with van der Waals surface area (Å²) in [5.74, 6) is 4.64. The summed E-state index contributed by atoms with van der Waals surface area (Å²) in [7, 11) is 0. The fourth-order valence-electron chi connectivity index (χ4n) is 6.83. The second-order valence-electron chi connectivity index (χ2n) is 11.8. The van der Waals surface area contributed by atoms with Crippen molar-refractivity contribution in [3.8, 4) is 5.75 Å². The van der Waals surface area contributed by atoms with E-state index in [9.17, 15) is 0 Å². The minimum Gasteiger partial charge on any atom is -0.494 e. The Morgan fingerprint density at radius 1 is 0.588 bits per heavy atom. The number of hydrogen-bond donors (Lipinski definition) is 0. The highest BCUT2D eigenvalue weighted by molar-refractivity contribution is 5.40. The third-order valence-corrected chi connectivity index (χ3v) is 9.04. The lowest BCUT2D eigenvalue weighted by molar-refractivity contribution is 0.288. The summed E-state index contributed by atoms with van der Waals surface area (Å²) >= 11 is 0. The molecule has 0 saturated heterocycles. The van der Waals surface area contributed by atoms with Crippen molar-refractivity contribution in [2.75, 3.05) is 6.61 Å². The monoisotopic (exact) mass is 468 g/mol. The van der Waals surface area contributed by atoms with Crippen LogP contribution in [0, 0.1) is 11.8 Å². The second kappa shape index (κ2) is 15.9. The predicted molar refractivity (Wildman–Crippen MR) is 149 cm³/mol. The van der Waals surface area contributed by atoms with Gasteiger partial charge in [-0.3, -0.25) is 0 Å². The van der Waals surface area contributed by atoms with Gasteiger partial charge in [0, 0.05) is 0 Å². The maximum Gasteiger partial charge on any atom is 0.119 e. The predicted octanol–water partition coefficient (Wildman–Crippen LogP) is 11.0. The van der Waals surface area contributed by atoms with E-state index in [2.05, 4.69) is 39.0 Å². The van der Waals surface area contributed by atoms with Crippen LogP contribution >= 0.6 is 0 Å². The van der Waals surface area contributed by atoms with Gasteiger partial charge in [-0.05, 0) is 105 Å². The molecular formula is C33H56O. The van der Waals surface area contributed by atoms with E-state index in [4.69, 9.17) is 4.74 Å². The van der Waals surface area contributed by atoms with Crippen LogP contribution in [0.5, 0.6) is 5.75 Å². The Morgan fingerprint density at radius 3 is 1.62 bits per heavy atom. The number of unbranched alkanes of at least 4 members (excludes halogenated alkanes) is 6. The van der Waals surface area contributed by atoms with Crippen LogP contribution in [0.1, 0.15) is 166 Å². The molecule has 2 aliphatic carbocycles. The van der Waals surface area contributed by atoms with Crippen LogP contribution in [-0.4, -0.2) is 6.61 Å². The SMILES string of the molecule is CCCCCCC1CCC(c2ccc(OCCC)cc2C2CCC(CCCCCC)CC2)CC1. The quantitative estimate of drug-likeness (QED) is 0.232. The molecule has 0 aliphatic heterocycles. The molecule has 0 spiro atoms. The molecular weight excluding hydrogens is 412 g/mol. The minimum atomic E-state index is 0.763. The molecule has 0 heterocycles. The third kappa shape index (κ3) is 8.91. The molecule has 1 aromatic carbocycles. The van der Waals surface area contributed by atoms with Crippen molar-refractivity contribution in [1.29, 1.82) is 0 Å². The van der Waals surface area contributed by atoms with E-state index in [1.807, 2.05) is 0 Å². The summed E-state index contributed by atoms with van der Waals surface area (Å²) in [5, 5.41) is 0. The summed E-state index contributed by atoms with van der Waals surface area (Å²) in [6.45, 7) is 7.69. The molecule has 2 aliphatic rings. The first-order valence-corrected chi connectivity index (χ1v) is 15.5. The Labute approximate surface area is 212 Å². The molecule has 2 fully saturated rings. The molecule has 0 aromatic heterocycles. The fourth-order valence-corrected chi connectivity index (χ4v) is 6.83. The lowest BCUT2D eigenvalue weighted by atomic mass is 9.71. The van der Waals surface area contributed by atoms with Crippen LogP contribution in [0.2, 0.25) is 0 Å². The molecule has 0 radical (unpaired) electrons. The van der Waals surface area contributed by atoms with Crippen molar-refractivity contribution in [1.82, 2.24) is 0 Å². The zero-order valence-corrected chi connectivity index (χ0v) is 23.1. The standard InChI is InChI=1S/C33H56O/c1-4-7-9-11-13-27-15-19-29(20-16-27)32-24-23-31(34-25-6-3)26-33(32)30-21-17-28(18-22-30)14-12-10-8-5-2/h23-24,26-30H,4-22,25H2,1-3H3. The van der Waals surface area contributed by atoms with Gasteiger partial charge in [0.15, 0.2) is 0 Å². The van der Waals surface area contributed by atoms with Gasteiger partial charge >= 0.3 is 0 Å². The Morgan fingerprint density at radius 2 is 1.12 bits per heavy atom. The van der Waals surface area contributed by atoms with Crippen LogP contribution in [0.15, 0.2) is 18.2 Å². The molecule has 0 amide bonds. The van der Waals surface area contributed by atoms with E-state index in [1.165, 1.54) is 116 Å². The largest absolute Gasteiger partial charge is 0.494 e. The normalized spacial score (nSPS) is 25.4. The zero-order valence-electron chi connectivity index (χ0n) is 23.1. The first-order valence-electron chi connectivity index (χ1n) is 15.5. The van der Waals surface area contributed by atoms with Crippen LogP contribution in [0.25, 0.3) is 0 Å². The van der Waals surface area contributed by atoms with Crippen molar-refractivity contribution in [3.05, 3.63) is 29.3 Å². The smallest absolute Gasteiger partial charge is 0.119 e. The van der Waals surface area contributed by atoms with Crippen molar-refractivity contribution in [3.63, 3.8) is 0 Å². The maximum absolute atomic E-state index is 6.11. The summed E-state index contributed by atoms with van der Waals surface area (Å²) in [6, 6.07) is 7.22. The van der Waals surface area contributed by atoms with Gasteiger partial charge in [0.2, 0.25) is 0 Å². The van der Waals surface area contributed by atoms with Crippen molar-refractivity contribution in [2.24, 2.45) is 11.8 Å². The zero-order chi connectivity index (χ0) is 24.0. The molecule has 3 rings (SSSR count). The van der Waals surface area contributed by atoms with Gasteiger partial charge in [-0.1, -0.05) is 91.0 Å². The Bertz CT molecular complexity index is 649. The summed E-state index contributed by atoms with van der Waals surface area (Å²) in [6.07, 6.45) is 26.8. The van der Waals surface area contributed by atoms with Crippen LogP contribution in [0.3, 0.4) is 0 Å². The third-order valence-electron chi connectivity index (χ3n) is 9.04. The van der Waals surface area contributed by atoms with Crippen molar-refractivity contribution < 1.29 is 4.74 Å². The topological polar surface area (TPSA) is 9.23 Å². The Kier molecular flexibility index (Phi) is 12.9. The molecule has 2 saturated carbocycles. The van der Waals surface area contributed by atoms with Gasteiger partial charge in [0.05, 0.1) is 6.61 Å². The second-order valence-corrected chi connectivity index (χ2v) is 11.8. The Hall–Kier alpha value is -0.980. The van der Waals surface area contributed by atoms with Crippen LogP contribution in [-0.2, 0) is 0 Å². The number of benzene rings is 1. The van der Waals surface area contributed by atoms with Gasteiger partial charge in [-0.25, -0.2) is 0 Å².